The first-order valence-corrected chi connectivity index (χ1v) is 9.79. The molecule has 0 saturated heterocycles. The lowest BCUT2D eigenvalue weighted by atomic mass is 10.2. The Morgan fingerprint density at radius 1 is 1.36 bits per heavy atom. The molecule has 25 heavy (non-hydrogen) atoms. The summed E-state index contributed by atoms with van der Waals surface area (Å²) in [4.78, 5) is 3.89. The third-order valence-corrected chi connectivity index (χ3v) is 5.93. The summed E-state index contributed by atoms with van der Waals surface area (Å²) in [6.07, 6.45) is 1.21. The van der Waals surface area contributed by atoms with Crippen LogP contribution in [0.25, 0.3) is 10.6 Å². The van der Waals surface area contributed by atoms with Crippen LogP contribution < -0.4 is 4.72 Å². The zero-order valence-corrected chi connectivity index (χ0v) is 15.1. The van der Waals surface area contributed by atoms with Crippen molar-refractivity contribution in [2.45, 2.75) is 25.6 Å². The number of oxazole rings is 1. The molecule has 0 amide bonds. The van der Waals surface area contributed by atoms with E-state index in [9.17, 15) is 12.8 Å². The molecule has 0 aliphatic heterocycles. The Bertz CT molecular complexity index is 984. The van der Waals surface area contributed by atoms with Crippen LogP contribution in [0.3, 0.4) is 0 Å². The van der Waals surface area contributed by atoms with Crippen molar-refractivity contribution in [1.82, 2.24) is 19.9 Å². The molecule has 7 nitrogen and oxygen atoms in total. The Balaban J connectivity index is 1.73. The minimum atomic E-state index is -3.63. The minimum Gasteiger partial charge on any atom is -0.448 e. The van der Waals surface area contributed by atoms with Gasteiger partial charge in [-0.3, -0.25) is 0 Å². The molecule has 1 atom stereocenters. The van der Waals surface area contributed by atoms with Crippen LogP contribution in [0.2, 0.25) is 0 Å². The number of sulfonamides is 1. The molecule has 1 aromatic carbocycles. The maximum Gasteiger partial charge on any atom is 0.218 e. The van der Waals surface area contributed by atoms with E-state index in [0.29, 0.717) is 27.0 Å². The minimum absolute atomic E-state index is 0.283. The number of halogens is 1. The molecule has 2 aromatic heterocycles. The average molecular weight is 382 g/mol. The predicted molar refractivity (Wildman–Crippen MR) is 90.7 cm³/mol. The third-order valence-electron chi connectivity index (χ3n) is 3.41. The monoisotopic (exact) mass is 382 g/mol. The van der Waals surface area contributed by atoms with Crippen LogP contribution in [0.5, 0.6) is 0 Å². The van der Waals surface area contributed by atoms with Gasteiger partial charge >= 0.3 is 0 Å². The maximum absolute atomic E-state index is 13.3. The Kier molecular flexibility index (Phi) is 4.93. The van der Waals surface area contributed by atoms with Gasteiger partial charge in [-0.1, -0.05) is 23.5 Å². The molecule has 0 bridgehead atoms. The van der Waals surface area contributed by atoms with Crippen molar-refractivity contribution < 1.29 is 17.2 Å². The van der Waals surface area contributed by atoms with E-state index in [1.165, 1.54) is 29.9 Å². The Morgan fingerprint density at radius 2 is 2.16 bits per heavy atom. The summed E-state index contributed by atoms with van der Waals surface area (Å²) in [5, 5.41) is 9.02. The quantitative estimate of drug-likeness (QED) is 0.704. The lowest BCUT2D eigenvalue weighted by Gasteiger charge is -2.10. The van der Waals surface area contributed by atoms with Gasteiger partial charge in [0.2, 0.25) is 10.0 Å². The van der Waals surface area contributed by atoms with Crippen molar-refractivity contribution in [1.29, 1.82) is 0 Å². The summed E-state index contributed by atoms with van der Waals surface area (Å²) in [6.45, 7) is 3.32. The largest absolute Gasteiger partial charge is 0.448 e. The molecule has 3 rings (SSSR count). The van der Waals surface area contributed by atoms with Crippen molar-refractivity contribution in [3.8, 4) is 10.6 Å². The number of benzene rings is 1. The number of aromatic nitrogens is 3. The Labute approximate surface area is 148 Å². The number of hydrogen-bond acceptors (Lipinski definition) is 7. The van der Waals surface area contributed by atoms with E-state index >= 15 is 0 Å². The van der Waals surface area contributed by atoms with Crippen molar-refractivity contribution in [2.24, 2.45) is 0 Å². The highest BCUT2D eigenvalue weighted by Gasteiger charge is 2.22. The van der Waals surface area contributed by atoms with Gasteiger partial charge in [0.1, 0.15) is 27.3 Å². The van der Waals surface area contributed by atoms with Gasteiger partial charge in [0.15, 0.2) is 6.39 Å². The topological polar surface area (TPSA) is 98.0 Å². The van der Waals surface area contributed by atoms with E-state index < -0.39 is 16.1 Å². The summed E-state index contributed by atoms with van der Waals surface area (Å²) in [7, 11) is -3.63. The number of nitrogens with zero attached hydrogens (tertiary/aromatic N) is 3. The van der Waals surface area contributed by atoms with Gasteiger partial charge < -0.3 is 4.42 Å². The lowest BCUT2D eigenvalue weighted by Crippen LogP contribution is -2.28. The van der Waals surface area contributed by atoms with Gasteiger partial charge in [-0.2, -0.15) is 0 Å². The molecule has 3 aromatic rings. The summed E-state index contributed by atoms with van der Waals surface area (Å²) in [6, 6.07) is 5.42. The van der Waals surface area contributed by atoms with E-state index in [4.69, 9.17) is 4.42 Å². The van der Waals surface area contributed by atoms with Crippen LogP contribution in [0.1, 0.15) is 29.4 Å². The normalized spacial score (nSPS) is 13.1. The first kappa shape index (κ1) is 17.6. The first-order chi connectivity index (χ1) is 11.8. The molecule has 2 heterocycles. The van der Waals surface area contributed by atoms with Crippen LogP contribution in [0.4, 0.5) is 4.39 Å². The molecule has 0 aliphatic rings. The maximum atomic E-state index is 13.3. The fourth-order valence-corrected chi connectivity index (χ4v) is 4.44. The molecule has 1 unspecified atom stereocenters. The van der Waals surface area contributed by atoms with Gasteiger partial charge in [-0.15, -0.1) is 10.2 Å². The molecular weight excluding hydrogens is 367 g/mol. The van der Waals surface area contributed by atoms with E-state index in [1.807, 2.05) is 0 Å². The van der Waals surface area contributed by atoms with Gasteiger partial charge in [0.05, 0.1) is 11.7 Å². The van der Waals surface area contributed by atoms with Crippen molar-refractivity contribution >= 4 is 21.4 Å². The van der Waals surface area contributed by atoms with Crippen LogP contribution in [0, 0.1) is 12.7 Å². The molecule has 0 fully saturated rings. The number of rotatable bonds is 6. The first-order valence-electron chi connectivity index (χ1n) is 7.32. The van der Waals surface area contributed by atoms with E-state index in [0.717, 1.165) is 0 Å². The van der Waals surface area contributed by atoms with Gasteiger partial charge in [0, 0.05) is 5.56 Å². The predicted octanol–water partition coefficient (Wildman–Crippen LogP) is 2.82. The van der Waals surface area contributed by atoms with Crippen LogP contribution in [0.15, 0.2) is 35.1 Å². The van der Waals surface area contributed by atoms with Gasteiger partial charge in [-0.25, -0.2) is 22.5 Å². The summed E-state index contributed by atoms with van der Waals surface area (Å²) < 4.78 is 45.4. The number of nitrogens with one attached hydrogen (secondary N) is 1. The number of hydrogen-bond donors (Lipinski definition) is 1. The third kappa shape index (κ3) is 4.27. The van der Waals surface area contributed by atoms with Crippen LogP contribution in [-0.2, 0) is 15.8 Å². The molecule has 0 aliphatic carbocycles. The van der Waals surface area contributed by atoms with Crippen molar-refractivity contribution in [3.05, 3.63) is 52.9 Å². The fourth-order valence-electron chi connectivity index (χ4n) is 2.16. The molecule has 10 heteroatoms. The zero-order chi connectivity index (χ0) is 18.0. The summed E-state index contributed by atoms with van der Waals surface area (Å²) >= 11 is 1.20. The molecular formula is C15H15FN4O3S2. The SMILES string of the molecule is Cc1ocnc1CS(=O)(=O)NC(C)c1nnc(-c2cccc(F)c2)s1. The highest BCUT2D eigenvalue weighted by Crippen LogP contribution is 2.27. The van der Waals surface area contributed by atoms with Gasteiger partial charge in [-0.05, 0) is 26.0 Å². The highest BCUT2D eigenvalue weighted by molar-refractivity contribution is 7.88. The van der Waals surface area contributed by atoms with Gasteiger partial charge in [0.25, 0.3) is 0 Å². The van der Waals surface area contributed by atoms with E-state index in [2.05, 4.69) is 19.9 Å². The fraction of sp³-hybridized carbons (Fsp3) is 0.267. The standard InChI is InChI=1S/C15H15FN4O3S2/c1-9(20-25(21,22)7-13-10(2)23-8-17-13)14-18-19-15(24-14)11-4-3-5-12(16)6-11/h3-6,8-9,20H,7H2,1-2H3. The number of aryl methyl sites for hydroxylation is 1. The second-order valence-corrected chi connectivity index (χ2v) is 8.17. The second kappa shape index (κ2) is 6.98. The molecule has 0 saturated carbocycles. The van der Waals surface area contributed by atoms with Crippen molar-refractivity contribution in [2.75, 3.05) is 0 Å². The molecule has 1 N–H and O–H groups in total. The van der Waals surface area contributed by atoms with Crippen LogP contribution >= 0.6 is 11.3 Å². The average Bonchev–Trinajstić information content (AvgIpc) is 3.16. The smallest absolute Gasteiger partial charge is 0.218 e. The van der Waals surface area contributed by atoms with Crippen molar-refractivity contribution in [3.63, 3.8) is 0 Å². The lowest BCUT2D eigenvalue weighted by molar-refractivity contribution is 0.524. The summed E-state index contributed by atoms with van der Waals surface area (Å²) in [5.74, 6) is -0.191. The Morgan fingerprint density at radius 3 is 2.84 bits per heavy atom. The summed E-state index contributed by atoms with van der Waals surface area (Å²) in [5.41, 5.74) is 0.953. The molecule has 132 valence electrons. The second-order valence-electron chi connectivity index (χ2n) is 5.41. The van der Waals surface area contributed by atoms with E-state index in [1.54, 1.807) is 26.0 Å². The zero-order valence-electron chi connectivity index (χ0n) is 13.4. The molecule has 0 radical (unpaired) electrons. The van der Waals surface area contributed by atoms with Crippen LogP contribution in [-0.4, -0.2) is 23.6 Å². The molecule has 0 spiro atoms. The van der Waals surface area contributed by atoms with E-state index in [-0.39, 0.29) is 11.6 Å². The highest BCUT2D eigenvalue weighted by atomic mass is 32.2. The Hall–Kier alpha value is -2.17.